The second-order valence-electron chi connectivity index (χ2n) is 7.35. The number of thiazole rings is 1. The van der Waals surface area contributed by atoms with Crippen molar-refractivity contribution in [2.24, 2.45) is 0 Å². The number of nitrogens with zero attached hydrogens (tertiary/aromatic N) is 2. The molecule has 3 rings (SSSR count). The predicted octanol–water partition coefficient (Wildman–Crippen LogP) is 2.23. The molecule has 1 aliphatic rings. The number of rotatable bonds is 7. The second-order valence-corrected chi connectivity index (χ2v) is 10.3. The van der Waals surface area contributed by atoms with Crippen molar-refractivity contribution in [2.75, 3.05) is 18.4 Å². The molecule has 162 valence electrons. The van der Waals surface area contributed by atoms with E-state index in [-0.39, 0.29) is 28.9 Å². The van der Waals surface area contributed by atoms with Crippen molar-refractivity contribution in [1.82, 2.24) is 14.6 Å². The zero-order valence-corrected chi connectivity index (χ0v) is 18.9. The molecule has 2 heterocycles. The van der Waals surface area contributed by atoms with Crippen LogP contribution < -0.4 is 10.6 Å². The van der Waals surface area contributed by atoms with E-state index >= 15 is 0 Å². The molecule has 1 fully saturated rings. The number of sulfonamides is 1. The number of benzene rings is 1. The largest absolute Gasteiger partial charge is 0.354 e. The van der Waals surface area contributed by atoms with Gasteiger partial charge < -0.3 is 10.6 Å². The molecular weight excluding hydrogens is 424 g/mol. The van der Waals surface area contributed by atoms with E-state index in [9.17, 15) is 18.0 Å². The third kappa shape index (κ3) is 5.05. The van der Waals surface area contributed by atoms with Gasteiger partial charge in [-0.1, -0.05) is 6.07 Å². The first-order valence-corrected chi connectivity index (χ1v) is 12.1. The minimum absolute atomic E-state index is 0.00958. The summed E-state index contributed by atoms with van der Waals surface area (Å²) in [5.41, 5.74) is 1.88. The first kappa shape index (κ1) is 22.4. The van der Waals surface area contributed by atoms with Gasteiger partial charge in [0, 0.05) is 31.8 Å². The molecule has 1 aliphatic heterocycles. The second kappa shape index (κ2) is 9.23. The smallest absolute Gasteiger partial charge is 0.245 e. The van der Waals surface area contributed by atoms with E-state index in [1.807, 2.05) is 12.3 Å². The van der Waals surface area contributed by atoms with Gasteiger partial charge in [0.05, 0.1) is 16.4 Å². The predicted molar refractivity (Wildman–Crippen MR) is 116 cm³/mol. The molecule has 1 aromatic carbocycles. The highest BCUT2D eigenvalue weighted by Crippen LogP contribution is 2.31. The molecule has 8 nitrogen and oxygen atoms in total. The zero-order chi connectivity index (χ0) is 21.9. The Morgan fingerprint density at radius 1 is 1.30 bits per heavy atom. The van der Waals surface area contributed by atoms with Crippen LogP contribution in [0.5, 0.6) is 0 Å². The van der Waals surface area contributed by atoms with Crippen molar-refractivity contribution in [3.8, 4) is 0 Å². The van der Waals surface area contributed by atoms with E-state index in [0.717, 1.165) is 16.3 Å². The number of aryl methyl sites for hydroxylation is 2. The molecule has 2 N–H and O–H groups in total. The van der Waals surface area contributed by atoms with E-state index in [4.69, 9.17) is 0 Å². The molecule has 0 aliphatic carbocycles. The van der Waals surface area contributed by atoms with Gasteiger partial charge in [-0.05, 0) is 44.4 Å². The van der Waals surface area contributed by atoms with Crippen molar-refractivity contribution in [3.63, 3.8) is 0 Å². The van der Waals surface area contributed by atoms with Gasteiger partial charge >= 0.3 is 0 Å². The number of hydrogen-bond acceptors (Lipinski definition) is 6. The molecule has 1 saturated heterocycles. The average molecular weight is 451 g/mol. The van der Waals surface area contributed by atoms with Crippen molar-refractivity contribution >= 4 is 38.9 Å². The van der Waals surface area contributed by atoms with Crippen LogP contribution in [-0.2, 0) is 26.0 Å². The standard InChI is InChI=1S/C20H26N4O4S2/c1-13-6-7-17(22-14(2)25)19(11-13)30(27,28)24-10-4-5-18(24)20(26)21-9-8-16-12-29-15(3)23-16/h6-7,11-12,18H,4-5,8-10H2,1-3H3,(H,21,26)(H,22,25). The summed E-state index contributed by atoms with van der Waals surface area (Å²) in [5.74, 6) is -0.667. The summed E-state index contributed by atoms with van der Waals surface area (Å²) in [5, 5.41) is 8.34. The summed E-state index contributed by atoms with van der Waals surface area (Å²) < 4.78 is 28.0. The van der Waals surface area contributed by atoms with Crippen molar-refractivity contribution in [2.45, 2.75) is 51.0 Å². The molecule has 1 unspecified atom stereocenters. The van der Waals surface area contributed by atoms with E-state index in [1.54, 1.807) is 30.4 Å². The van der Waals surface area contributed by atoms with Crippen molar-refractivity contribution < 1.29 is 18.0 Å². The van der Waals surface area contributed by atoms with Crippen LogP contribution in [0.1, 0.15) is 36.0 Å². The Kier molecular flexibility index (Phi) is 6.89. The molecule has 1 aromatic heterocycles. The van der Waals surface area contributed by atoms with Gasteiger partial charge in [0.2, 0.25) is 21.8 Å². The van der Waals surface area contributed by atoms with Crippen LogP contribution in [-0.4, -0.2) is 48.7 Å². The Balaban J connectivity index is 1.76. The van der Waals surface area contributed by atoms with Crippen LogP contribution in [0.25, 0.3) is 0 Å². The molecule has 0 saturated carbocycles. The quantitative estimate of drug-likeness (QED) is 0.672. The highest BCUT2D eigenvalue weighted by Gasteiger charge is 2.40. The fourth-order valence-electron chi connectivity index (χ4n) is 3.51. The minimum Gasteiger partial charge on any atom is -0.354 e. The first-order chi connectivity index (χ1) is 14.2. The molecule has 30 heavy (non-hydrogen) atoms. The number of aromatic nitrogens is 1. The summed E-state index contributed by atoms with van der Waals surface area (Å²) in [6, 6.07) is 4.07. The normalized spacial score (nSPS) is 17.1. The van der Waals surface area contributed by atoms with E-state index in [2.05, 4.69) is 15.6 Å². The Morgan fingerprint density at radius 3 is 2.73 bits per heavy atom. The lowest BCUT2D eigenvalue weighted by Crippen LogP contribution is -2.46. The fraction of sp³-hybridized carbons (Fsp3) is 0.450. The van der Waals surface area contributed by atoms with Gasteiger partial charge in [0.15, 0.2) is 0 Å². The van der Waals surface area contributed by atoms with Crippen molar-refractivity contribution in [3.05, 3.63) is 39.8 Å². The van der Waals surface area contributed by atoms with Gasteiger partial charge in [0.25, 0.3) is 0 Å². The molecular formula is C20H26N4O4S2. The number of nitrogens with one attached hydrogen (secondary N) is 2. The highest BCUT2D eigenvalue weighted by molar-refractivity contribution is 7.89. The topological polar surface area (TPSA) is 108 Å². The molecule has 2 amide bonds. The molecule has 2 aromatic rings. The zero-order valence-electron chi connectivity index (χ0n) is 17.3. The molecule has 10 heteroatoms. The van der Waals surface area contributed by atoms with Crippen LogP contribution in [0.15, 0.2) is 28.5 Å². The summed E-state index contributed by atoms with van der Waals surface area (Å²) >= 11 is 1.56. The van der Waals surface area contributed by atoms with Gasteiger partial charge in [-0.2, -0.15) is 4.31 Å². The first-order valence-electron chi connectivity index (χ1n) is 9.77. The van der Waals surface area contributed by atoms with E-state index in [0.29, 0.717) is 25.8 Å². The summed E-state index contributed by atoms with van der Waals surface area (Å²) in [6.45, 7) is 5.69. The van der Waals surface area contributed by atoms with Crippen LogP contribution in [0.3, 0.4) is 0 Å². The van der Waals surface area contributed by atoms with Gasteiger partial charge in [0.1, 0.15) is 10.9 Å². The van der Waals surface area contributed by atoms with Crippen LogP contribution >= 0.6 is 11.3 Å². The Bertz CT molecular complexity index is 1050. The lowest BCUT2D eigenvalue weighted by atomic mass is 10.2. The van der Waals surface area contributed by atoms with Crippen LogP contribution in [0.4, 0.5) is 5.69 Å². The summed E-state index contributed by atoms with van der Waals surface area (Å²) in [7, 11) is -3.96. The number of carbonyl (C=O) groups excluding carboxylic acids is 2. The number of hydrogen-bond donors (Lipinski definition) is 2. The summed E-state index contributed by atoms with van der Waals surface area (Å²) in [6.07, 6.45) is 1.66. The maximum atomic E-state index is 13.4. The Hall–Kier alpha value is -2.30. The number of carbonyl (C=O) groups is 2. The van der Waals surface area contributed by atoms with Gasteiger partial charge in [-0.3, -0.25) is 9.59 Å². The third-order valence-electron chi connectivity index (χ3n) is 4.89. The summed E-state index contributed by atoms with van der Waals surface area (Å²) in [4.78, 5) is 28.7. The number of anilines is 1. The van der Waals surface area contributed by atoms with Crippen LogP contribution in [0, 0.1) is 13.8 Å². The molecule has 0 spiro atoms. The van der Waals surface area contributed by atoms with E-state index in [1.165, 1.54) is 17.3 Å². The van der Waals surface area contributed by atoms with E-state index < -0.39 is 16.1 Å². The molecule has 0 radical (unpaired) electrons. The fourth-order valence-corrected chi connectivity index (χ4v) is 6.04. The Morgan fingerprint density at radius 2 is 2.07 bits per heavy atom. The Labute approximate surface area is 180 Å². The highest BCUT2D eigenvalue weighted by atomic mass is 32.2. The number of amides is 2. The SMILES string of the molecule is CC(=O)Nc1ccc(C)cc1S(=O)(=O)N1CCCC1C(=O)NCCc1csc(C)n1. The maximum absolute atomic E-state index is 13.4. The van der Waals surface area contributed by atoms with Gasteiger partial charge in [-0.25, -0.2) is 13.4 Å². The molecule has 1 atom stereocenters. The van der Waals surface area contributed by atoms with Crippen molar-refractivity contribution in [1.29, 1.82) is 0 Å². The monoisotopic (exact) mass is 450 g/mol. The van der Waals surface area contributed by atoms with Gasteiger partial charge in [-0.15, -0.1) is 11.3 Å². The maximum Gasteiger partial charge on any atom is 0.245 e. The lowest BCUT2D eigenvalue weighted by molar-refractivity contribution is -0.124. The minimum atomic E-state index is -3.96. The molecule has 0 bridgehead atoms. The van der Waals surface area contributed by atoms with Crippen LogP contribution in [0.2, 0.25) is 0 Å². The third-order valence-corrected chi connectivity index (χ3v) is 7.66. The lowest BCUT2D eigenvalue weighted by Gasteiger charge is -2.24. The average Bonchev–Trinajstić information content (AvgIpc) is 3.32.